The first-order valence-electron chi connectivity index (χ1n) is 7.37. The van der Waals surface area contributed by atoms with Gasteiger partial charge in [0.1, 0.15) is 0 Å². The molecule has 1 N–H and O–H groups in total. The summed E-state index contributed by atoms with van der Waals surface area (Å²) in [5.41, 5.74) is 0. The van der Waals surface area contributed by atoms with E-state index in [9.17, 15) is 4.79 Å². The van der Waals surface area contributed by atoms with Gasteiger partial charge in [-0.3, -0.25) is 9.69 Å². The van der Waals surface area contributed by atoms with Crippen LogP contribution in [-0.4, -0.2) is 60.5 Å². The van der Waals surface area contributed by atoms with Gasteiger partial charge >= 0.3 is 0 Å². The molecule has 18 heavy (non-hydrogen) atoms. The first-order chi connectivity index (χ1) is 8.63. The highest BCUT2D eigenvalue weighted by Crippen LogP contribution is 2.27. The van der Waals surface area contributed by atoms with Crippen molar-refractivity contribution in [2.75, 3.05) is 26.7 Å². The van der Waals surface area contributed by atoms with E-state index in [1.54, 1.807) is 0 Å². The molecule has 2 unspecified atom stereocenters. The summed E-state index contributed by atoms with van der Waals surface area (Å²) in [7, 11) is 2.19. The van der Waals surface area contributed by atoms with Crippen LogP contribution in [0.25, 0.3) is 0 Å². The maximum atomic E-state index is 12.2. The molecule has 2 fully saturated rings. The van der Waals surface area contributed by atoms with Crippen LogP contribution in [0.3, 0.4) is 0 Å². The third-order valence-corrected chi connectivity index (χ3v) is 4.24. The Kier molecular flexibility index (Phi) is 4.62. The van der Waals surface area contributed by atoms with Gasteiger partial charge in [0.15, 0.2) is 0 Å². The lowest BCUT2D eigenvalue weighted by molar-refractivity contribution is -0.130. The van der Waals surface area contributed by atoms with Gasteiger partial charge in [0.2, 0.25) is 5.91 Å². The number of hydrogen-bond donors (Lipinski definition) is 1. The van der Waals surface area contributed by atoms with Gasteiger partial charge in [0.25, 0.3) is 0 Å². The summed E-state index contributed by atoms with van der Waals surface area (Å²) >= 11 is 0. The summed E-state index contributed by atoms with van der Waals surface area (Å²) in [6.45, 7) is 7.12. The monoisotopic (exact) mass is 253 g/mol. The summed E-state index contributed by atoms with van der Waals surface area (Å²) in [5.74, 6) is 0.305. The first kappa shape index (κ1) is 13.8. The Balaban J connectivity index is 1.77. The smallest absolute Gasteiger partial charge is 0.239 e. The minimum Gasteiger partial charge on any atom is -0.340 e. The molecule has 0 spiro atoms. The van der Waals surface area contributed by atoms with Gasteiger partial charge in [-0.15, -0.1) is 0 Å². The highest BCUT2D eigenvalue weighted by Gasteiger charge is 2.34. The molecule has 4 heteroatoms. The molecule has 0 aromatic rings. The normalized spacial score (nSPS) is 26.1. The van der Waals surface area contributed by atoms with Crippen molar-refractivity contribution in [2.24, 2.45) is 0 Å². The fourth-order valence-corrected chi connectivity index (χ4v) is 2.72. The molecule has 4 nitrogen and oxygen atoms in total. The minimum atomic E-state index is 0.0726. The number of carbonyl (C=O) groups is 1. The van der Waals surface area contributed by atoms with E-state index in [4.69, 9.17) is 0 Å². The van der Waals surface area contributed by atoms with Crippen molar-refractivity contribution in [3.05, 3.63) is 0 Å². The quantitative estimate of drug-likeness (QED) is 0.737. The van der Waals surface area contributed by atoms with E-state index in [2.05, 4.69) is 31.1 Å². The van der Waals surface area contributed by atoms with Crippen molar-refractivity contribution in [2.45, 2.75) is 57.7 Å². The number of likely N-dealkylation sites (N-methyl/N-ethyl adjacent to an activating group) is 1. The summed E-state index contributed by atoms with van der Waals surface area (Å²) in [6.07, 6.45) is 4.72. The van der Waals surface area contributed by atoms with Crippen LogP contribution in [0.2, 0.25) is 0 Å². The van der Waals surface area contributed by atoms with Gasteiger partial charge in [0.05, 0.1) is 6.04 Å². The summed E-state index contributed by atoms with van der Waals surface area (Å²) < 4.78 is 0. The molecule has 0 aromatic carbocycles. The lowest BCUT2D eigenvalue weighted by atomic mass is 10.2. The second-order valence-electron chi connectivity index (χ2n) is 5.83. The zero-order valence-electron chi connectivity index (χ0n) is 12.0. The van der Waals surface area contributed by atoms with Gasteiger partial charge in [-0.25, -0.2) is 0 Å². The SMILES string of the molecule is CCCNC1CCN(CC(C)N(C)C2CC2)C1=O. The second-order valence-corrected chi connectivity index (χ2v) is 5.83. The van der Waals surface area contributed by atoms with Crippen LogP contribution < -0.4 is 5.32 Å². The number of amides is 1. The third-order valence-electron chi connectivity index (χ3n) is 4.24. The van der Waals surface area contributed by atoms with Crippen molar-refractivity contribution >= 4 is 5.91 Å². The molecule has 1 saturated heterocycles. The van der Waals surface area contributed by atoms with E-state index >= 15 is 0 Å². The topological polar surface area (TPSA) is 35.6 Å². The molecule has 0 bridgehead atoms. The average molecular weight is 253 g/mol. The molecular weight excluding hydrogens is 226 g/mol. The molecule has 1 aliphatic carbocycles. The number of nitrogens with zero attached hydrogens (tertiary/aromatic N) is 2. The van der Waals surface area contributed by atoms with Gasteiger partial charge in [-0.1, -0.05) is 6.92 Å². The Morgan fingerprint density at radius 1 is 1.44 bits per heavy atom. The highest BCUT2D eigenvalue weighted by atomic mass is 16.2. The Hall–Kier alpha value is -0.610. The second kappa shape index (κ2) is 6.02. The highest BCUT2D eigenvalue weighted by molar-refractivity contribution is 5.84. The fourth-order valence-electron chi connectivity index (χ4n) is 2.72. The number of nitrogens with one attached hydrogen (secondary N) is 1. The molecule has 2 aliphatic rings. The number of carbonyl (C=O) groups excluding carboxylic acids is 1. The van der Waals surface area contributed by atoms with E-state index in [-0.39, 0.29) is 6.04 Å². The van der Waals surface area contributed by atoms with Crippen LogP contribution in [0.15, 0.2) is 0 Å². The Bertz CT molecular complexity index is 291. The van der Waals surface area contributed by atoms with Gasteiger partial charge in [-0.2, -0.15) is 0 Å². The van der Waals surface area contributed by atoms with E-state index in [1.807, 2.05) is 4.90 Å². The van der Waals surface area contributed by atoms with Crippen molar-refractivity contribution < 1.29 is 4.79 Å². The van der Waals surface area contributed by atoms with Crippen molar-refractivity contribution in [1.29, 1.82) is 0 Å². The molecule has 1 heterocycles. The maximum Gasteiger partial charge on any atom is 0.239 e. The number of hydrogen-bond acceptors (Lipinski definition) is 3. The lowest BCUT2D eigenvalue weighted by Gasteiger charge is -2.29. The van der Waals surface area contributed by atoms with Crippen molar-refractivity contribution in [3.63, 3.8) is 0 Å². The van der Waals surface area contributed by atoms with Gasteiger partial charge < -0.3 is 10.2 Å². The third kappa shape index (κ3) is 3.23. The fraction of sp³-hybridized carbons (Fsp3) is 0.929. The lowest BCUT2D eigenvalue weighted by Crippen LogP contribution is -2.45. The van der Waals surface area contributed by atoms with E-state index in [0.717, 1.165) is 38.5 Å². The van der Waals surface area contributed by atoms with E-state index < -0.39 is 0 Å². The van der Waals surface area contributed by atoms with Crippen LogP contribution in [0.1, 0.15) is 39.5 Å². The first-order valence-corrected chi connectivity index (χ1v) is 7.37. The van der Waals surface area contributed by atoms with Gasteiger partial charge in [0, 0.05) is 25.2 Å². The molecule has 104 valence electrons. The number of likely N-dealkylation sites (tertiary alicyclic amines) is 1. The molecule has 0 aromatic heterocycles. The van der Waals surface area contributed by atoms with Crippen LogP contribution in [0, 0.1) is 0 Å². The summed E-state index contributed by atoms with van der Waals surface area (Å²) in [5, 5.41) is 3.34. The largest absolute Gasteiger partial charge is 0.340 e. The minimum absolute atomic E-state index is 0.0726. The Morgan fingerprint density at radius 2 is 2.17 bits per heavy atom. The molecule has 1 aliphatic heterocycles. The molecule has 1 amide bonds. The van der Waals surface area contributed by atoms with Crippen molar-refractivity contribution in [1.82, 2.24) is 15.1 Å². The molecule has 2 rings (SSSR count). The zero-order chi connectivity index (χ0) is 13.1. The summed E-state index contributed by atoms with van der Waals surface area (Å²) in [6, 6.07) is 1.32. The van der Waals surface area contributed by atoms with E-state index in [1.165, 1.54) is 12.8 Å². The van der Waals surface area contributed by atoms with E-state index in [0.29, 0.717) is 11.9 Å². The maximum absolute atomic E-state index is 12.2. The zero-order valence-corrected chi connectivity index (χ0v) is 12.0. The van der Waals surface area contributed by atoms with Gasteiger partial charge in [-0.05, 0) is 46.2 Å². The Labute approximate surface area is 111 Å². The molecule has 0 radical (unpaired) electrons. The van der Waals surface area contributed by atoms with Crippen LogP contribution >= 0.6 is 0 Å². The predicted octanol–water partition coefficient (Wildman–Crippen LogP) is 1.07. The Morgan fingerprint density at radius 3 is 2.78 bits per heavy atom. The van der Waals surface area contributed by atoms with Crippen LogP contribution in [0.5, 0.6) is 0 Å². The summed E-state index contributed by atoms with van der Waals surface area (Å²) in [4.78, 5) is 16.7. The molecule has 2 atom stereocenters. The standard InChI is InChI=1S/C14H27N3O/c1-4-8-15-13-7-9-17(14(13)18)10-11(2)16(3)12-5-6-12/h11-13,15H,4-10H2,1-3H3. The molecular formula is C14H27N3O. The van der Waals surface area contributed by atoms with Crippen LogP contribution in [0.4, 0.5) is 0 Å². The molecule has 1 saturated carbocycles. The van der Waals surface area contributed by atoms with Crippen molar-refractivity contribution in [3.8, 4) is 0 Å². The number of rotatable bonds is 7. The van der Waals surface area contributed by atoms with Crippen LogP contribution in [-0.2, 0) is 4.79 Å². The average Bonchev–Trinajstić information content (AvgIpc) is 3.15. The predicted molar refractivity (Wildman–Crippen MR) is 73.5 cm³/mol.